The van der Waals surface area contributed by atoms with Crippen molar-refractivity contribution < 1.29 is 19.4 Å². The molecule has 2 N–H and O–H groups in total. The van der Waals surface area contributed by atoms with Crippen LogP contribution in [0.2, 0.25) is 0 Å². The van der Waals surface area contributed by atoms with Gasteiger partial charge in [0, 0.05) is 24.4 Å². The second kappa shape index (κ2) is 8.71. The summed E-state index contributed by atoms with van der Waals surface area (Å²) in [5.74, 6) is 0.0890. The highest BCUT2D eigenvalue weighted by Gasteiger charge is 2.16. The minimum atomic E-state index is -0.524. The molecule has 0 aliphatic carbocycles. The van der Waals surface area contributed by atoms with Crippen molar-refractivity contribution in [3.63, 3.8) is 0 Å². The number of amides is 1. The summed E-state index contributed by atoms with van der Waals surface area (Å²) in [5, 5.41) is 12.7. The van der Waals surface area contributed by atoms with E-state index < -0.39 is 5.91 Å². The Hall–Kier alpha value is -3.54. The number of aromatic nitrogens is 1. The van der Waals surface area contributed by atoms with Gasteiger partial charge in [-0.2, -0.15) is 0 Å². The number of anilines is 1. The van der Waals surface area contributed by atoms with Gasteiger partial charge in [0.1, 0.15) is 5.75 Å². The summed E-state index contributed by atoms with van der Waals surface area (Å²) in [7, 11) is 1.41. The molecule has 0 bridgehead atoms. The highest BCUT2D eigenvalue weighted by atomic mass is 16.5. The van der Waals surface area contributed by atoms with E-state index in [0.717, 1.165) is 6.42 Å². The molecule has 0 atom stereocenters. The molecule has 0 aliphatic rings. The number of nitrogens with zero attached hydrogens (tertiary/aromatic N) is 1. The third kappa shape index (κ3) is 4.76. The molecule has 6 heteroatoms. The van der Waals surface area contributed by atoms with Crippen molar-refractivity contribution >= 4 is 11.6 Å². The molecule has 0 spiro atoms. The van der Waals surface area contributed by atoms with Crippen LogP contribution in [-0.2, 0) is 6.42 Å². The lowest BCUT2D eigenvalue weighted by Crippen LogP contribution is -2.14. The zero-order valence-electron chi connectivity index (χ0n) is 14.9. The molecule has 138 valence electrons. The van der Waals surface area contributed by atoms with E-state index in [0.29, 0.717) is 18.0 Å². The third-order valence-electron chi connectivity index (χ3n) is 3.94. The second-order valence-electron chi connectivity index (χ2n) is 5.77. The minimum absolute atomic E-state index is 0.0995. The van der Waals surface area contributed by atoms with Crippen LogP contribution in [0.3, 0.4) is 0 Å². The maximum atomic E-state index is 12.3. The number of ether oxygens (including phenoxy) is 2. The third-order valence-corrected chi connectivity index (χ3v) is 3.94. The predicted molar refractivity (Wildman–Crippen MR) is 102 cm³/mol. The van der Waals surface area contributed by atoms with E-state index in [1.807, 2.05) is 18.2 Å². The molecule has 0 radical (unpaired) electrons. The number of benzene rings is 2. The van der Waals surface area contributed by atoms with Crippen molar-refractivity contribution in [2.75, 3.05) is 19.0 Å². The van der Waals surface area contributed by atoms with Gasteiger partial charge in [0.25, 0.3) is 5.91 Å². The van der Waals surface area contributed by atoms with Crippen LogP contribution < -0.4 is 14.8 Å². The van der Waals surface area contributed by atoms with Gasteiger partial charge in [-0.3, -0.25) is 4.79 Å². The Morgan fingerprint density at radius 2 is 1.81 bits per heavy atom. The maximum Gasteiger partial charge on any atom is 0.278 e. The lowest BCUT2D eigenvalue weighted by atomic mass is 10.2. The van der Waals surface area contributed by atoms with Gasteiger partial charge in [0.15, 0.2) is 17.2 Å². The first-order chi connectivity index (χ1) is 13.2. The van der Waals surface area contributed by atoms with Crippen LogP contribution in [0.5, 0.6) is 17.2 Å². The molecule has 3 rings (SSSR count). The monoisotopic (exact) mass is 364 g/mol. The maximum absolute atomic E-state index is 12.3. The minimum Gasteiger partial charge on any atom is -0.503 e. The number of nitrogens with one attached hydrogen (secondary N) is 1. The normalized spacial score (nSPS) is 10.3. The summed E-state index contributed by atoms with van der Waals surface area (Å²) in [4.78, 5) is 16.2. The molecule has 0 unspecified atom stereocenters. The molecule has 1 heterocycles. The van der Waals surface area contributed by atoms with E-state index in [4.69, 9.17) is 9.47 Å². The second-order valence-corrected chi connectivity index (χ2v) is 5.77. The Kier molecular flexibility index (Phi) is 5.89. The van der Waals surface area contributed by atoms with E-state index >= 15 is 0 Å². The first kappa shape index (κ1) is 18.3. The number of hydrogen-bond acceptors (Lipinski definition) is 5. The summed E-state index contributed by atoms with van der Waals surface area (Å²) >= 11 is 0. The predicted octanol–water partition coefficient (Wildman–Crippen LogP) is 3.67. The van der Waals surface area contributed by atoms with Crippen molar-refractivity contribution in [1.82, 2.24) is 4.98 Å². The zero-order valence-corrected chi connectivity index (χ0v) is 14.9. The highest BCUT2D eigenvalue weighted by molar-refractivity contribution is 6.05. The summed E-state index contributed by atoms with van der Waals surface area (Å²) in [6.45, 7) is 0.567. The molecule has 3 aromatic rings. The van der Waals surface area contributed by atoms with Gasteiger partial charge >= 0.3 is 0 Å². The van der Waals surface area contributed by atoms with E-state index in [-0.39, 0.29) is 17.2 Å². The fourth-order valence-electron chi connectivity index (χ4n) is 2.52. The Balaban J connectivity index is 1.56. The van der Waals surface area contributed by atoms with E-state index in [1.165, 1.54) is 24.9 Å². The molecule has 0 fully saturated rings. The van der Waals surface area contributed by atoms with Crippen LogP contribution in [0.1, 0.15) is 16.1 Å². The summed E-state index contributed by atoms with van der Waals surface area (Å²) in [5.41, 5.74) is 1.68. The van der Waals surface area contributed by atoms with Crippen LogP contribution in [-0.4, -0.2) is 29.7 Å². The smallest absolute Gasteiger partial charge is 0.278 e. The molecular weight excluding hydrogens is 344 g/mol. The lowest BCUT2D eigenvalue weighted by Gasteiger charge is -2.10. The van der Waals surface area contributed by atoms with Gasteiger partial charge in [-0.25, -0.2) is 4.98 Å². The molecule has 0 saturated carbocycles. The first-order valence-corrected chi connectivity index (χ1v) is 8.47. The number of hydrogen-bond donors (Lipinski definition) is 2. The number of pyridine rings is 1. The first-order valence-electron chi connectivity index (χ1n) is 8.47. The quantitative estimate of drug-likeness (QED) is 0.669. The fraction of sp³-hybridized carbons (Fsp3) is 0.143. The van der Waals surface area contributed by atoms with E-state index in [1.54, 1.807) is 24.3 Å². The molecule has 6 nitrogen and oxygen atoms in total. The SMILES string of the molecule is COc1ccnc(C(=O)Nc2ccc(OCCc3ccccc3)cc2)c1O. The number of rotatable bonds is 7. The number of aromatic hydroxyl groups is 1. The van der Waals surface area contributed by atoms with E-state index in [2.05, 4.69) is 22.4 Å². The average molecular weight is 364 g/mol. The van der Waals surface area contributed by atoms with Gasteiger partial charge in [-0.05, 0) is 29.8 Å². The molecule has 0 aliphatic heterocycles. The van der Waals surface area contributed by atoms with Crippen LogP contribution in [0, 0.1) is 0 Å². The topological polar surface area (TPSA) is 80.7 Å². The lowest BCUT2D eigenvalue weighted by molar-refractivity contribution is 0.101. The largest absolute Gasteiger partial charge is 0.503 e. The number of methoxy groups -OCH3 is 1. The van der Waals surface area contributed by atoms with Crippen molar-refractivity contribution in [2.45, 2.75) is 6.42 Å². The zero-order chi connectivity index (χ0) is 19.1. The van der Waals surface area contributed by atoms with Crippen LogP contribution in [0.4, 0.5) is 5.69 Å². The van der Waals surface area contributed by atoms with Crippen molar-refractivity contribution in [2.24, 2.45) is 0 Å². The van der Waals surface area contributed by atoms with Gasteiger partial charge < -0.3 is 19.9 Å². The number of carbonyl (C=O) groups is 1. The van der Waals surface area contributed by atoms with Crippen LogP contribution >= 0.6 is 0 Å². The van der Waals surface area contributed by atoms with Crippen molar-refractivity contribution in [1.29, 1.82) is 0 Å². The van der Waals surface area contributed by atoms with Crippen molar-refractivity contribution in [3.05, 3.63) is 78.1 Å². The molecule has 2 aromatic carbocycles. The van der Waals surface area contributed by atoms with Gasteiger partial charge in [-0.1, -0.05) is 30.3 Å². The molecular formula is C21H20N2O4. The van der Waals surface area contributed by atoms with Gasteiger partial charge in [-0.15, -0.1) is 0 Å². The molecule has 1 aromatic heterocycles. The average Bonchev–Trinajstić information content (AvgIpc) is 2.70. The Morgan fingerprint density at radius 3 is 2.52 bits per heavy atom. The fourth-order valence-corrected chi connectivity index (χ4v) is 2.52. The standard InChI is InChI=1S/C21H20N2O4/c1-26-18-11-13-22-19(20(18)24)21(25)23-16-7-9-17(10-8-16)27-14-12-15-5-3-2-4-6-15/h2-11,13,24H,12,14H2,1H3,(H,23,25). The highest BCUT2D eigenvalue weighted by Crippen LogP contribution is 2.28. The molecule has 0 saturated heterocycles. The Labute approximate surface area is 157 Å². The van der Waals surface area contributed by atoms with Crippen LogP contribution in [0.15, 0.2) is 66.9 Å². The molecule has 27 heavy (non-hydrogen) atoms. The molecule has 1 amide bonds. The van der Waals surface area contributed by atoms with Gasteiger partial charge in [0.2, 0.25) is 0 Å². The van der Waals surface area contributed by atoms with Crippen LogP contribution in [0.25, 0.3) is 0 Å². The Morgan fingerprint density at radius 1 is 1.07 bits per heavy atom. The Bertz CT molecular complexity index is 896. The summed E-state index contributed by atoms with van der Waals surface area (Å²) < 4.78 is 10.7. The van der Waals surface area contributed by atoms with Crippen molar-refractivity contribution in [3.8, 4) is 17.2 Å². The van der Waals surface area contributed by atoms with E-state index in [9.17, 15) is 9.90 Å². The summed E-state index contributed by atoms with van der Waals surface area (Å²) in [6.07, 6.45) is 2.22. The summed E-state index contributed by atoms with van der Waals surface area (Å²) in [6, 6.07) is 18.6. The number of carbonyl (C=O) groups excluding carboxylic acids is 1. The van der Waals surface area contributed by atoms with Gasteiger partial charge in [0.05, 0.1) is 13.7 Å².